The summed E-state index contributed by atoms with van der Waals surface area (Å²) in [5.41, 5.74) is -1.31. The molecule has 0 bridgehead atoms. The van der Waals surface area contributed by atoms with Crippen molar-refractivity contribution in [2.45, 2.75) is 6.18 Å². The average molecular weight is 364 g/mol. The van der Waals surface area contributed by atoms with E-state index in [-0.39, 0.29) is 21.7 Å². The highest BCUT2D eigenvalue weighted by molar-refractivity contribution is 7.19. The molecule has 8 heteroatoms. The normalized spacial score (nSPS) is 12.8. The van der Waals surface area contributed by atoms with Gasteiger partial charge in [-0.3, -0.25) is 0 Å². The second-order valence-electron chi connectivity index (χ2n) is 5.01. The van der Waals surface area contributed by atoms with Crippen LogP contribution >= 0.6 is 11.3 Å². The molecule has 3 rings (SSSR count). The molecule has 1 N–H and O–H groups in total. The van der Waals surface area contributed by atoms with Crippen LogP contribution in [0.2, 0.25) is 0 Å². The van der Waals surface area contributed by atoms with Crippen LogP contribution in [0.1, 0.15) is 16.1 Å². The predicted octanol–water partition coefficient (Wildman–Crippen LogP) is 5.40. The van der Waals surface area contributed by atoms with E-state index in [4.69, 9.17) is 0 Å². The van der Waals surface area contributed by atoms with Gasteiger partial charge in [0, 0.05) is 0 Å². The van der Waals surface area contributed by atoms with Crippen LogP contribution in [-0.2, 0) is 6.18 Å². The maximum absolute atomic E-state index is 13.8. The molecular formula is C17H8F4N2OS. The van der Waals surface area contributed by atoms with E-state index in [0.29, 0.717) is 4.70 Å². The first kappa shape index (κ1) is 16.9. The van der Waals surface area contributed by atoms with Gasteiger partial charge < -0.3 is 5.11 Å². The molecule has 0 amide bonds. The molecule has 0 fully saturated rings. The number of aliphatic hydroxyl groups excluding tert-OH is 1. The van der Waals surface area contributed by atoms with Gasteiger partial charge in [0.2, 0.25) is 0 Å². The Bertz CT molecular complexity index is 1030. The minimum Gasteiger partial charge on any atom is -0.506 e. The SMILES string of the molecule is N#CC(=C(O)c1ccccc1F)c1nc2cc(C(F)(F)F)ccc2s1. The number of fused-ring (bicyclic) bond motifs is 1. The fraction of sp³-hybridized carbons (Fsp3) is 0.0588. The van der Waals surface area contributed by atoms with Crippen molar-refractivity contribution in [2.75, 3.05) is 0 Å². The van der Waals surface area contributed by atoms with Crippen LogP contribution in [0, 0.1) is 17.1 Å². The number of allylic oxidation sites excluding steroid dienone is 1. The lowest BCUT2D eigenvalue weighted by atomic mass is 10.1. The van der Waals surface area contributed by atoms with Crippen LogP contribution in [0.5, 0.6) is 0 Å². The summed E-state index contributed by atoms with van der Waals surface area (Å²) in [5, 5.41) is 19.5. The molecule has 0 unspecified atom stereocenters. The summed E-state index contributed by atoms with van der Waals surface area (Å²) in [6, 6.07) is 10.1. The monoisotopic (exact) mass is 364 g/mol. The maximum atomic E-state index is 13.8. The van der Waals surface area contributed by atoms with Crippen LogP contribution in [0.3, 0.4) is 0 Å². The van der Waals surface area contributed by atoms with E-state index in [2.05, 4.69) is 4.98 Å². The molecule has 3 aromatic rings. The van der Waals surface area contributed by atoms with Gasteiger partial charge >= 0.3 is 6.18 Å². The molecule has 0 aliphatic heterocycles. The van der Waals surface area contributed by atoms with Crippen molar-refractivity contribution >= 4 is 32.9 Å². The van der Waals surface area contributed by atoms with Crippen molar-refractivity contribution in [3.05, 3.63) is 64.4 Å². The number of alkyl halides is 3. The lowest BCUT2D eigenvalue weighted by molar-refractivity contribution is -0.137. The second kappa shape index (κ2) is 6.18. The molecule has 0 radical (unpaired) electrons. The zero-order valence-corrected chi connectivity index (χ0v) is 13.1. The van der Waals surface area contributed by atoms with Crippen molar-refractivity contribution < 1.29 is 22.7 Å². The van der Waals surface area contributed by atoms with E-state index in [1.54, 1.807) is 6.07 Å². The molecule has 0 spiro atoms. The van der Waals surface area contributed by atoms with Gasteiger partial charge in [-0.15, -0.1) is 11.3 Å². The van der Waals surface area contributed by atoms with Crippen molar-refractivity contribution in [1.82, 2.24) is 4.98 Å². The first-order valence-corrected chi connectivity index (χ1v) is 7.69. The molecule has 0 saturated carbocycles. The topological polar surface area (TPSA) is 56.9 Å². The molecule has 25 heavy (non-hydrogen) atoms. The summed E-state index contributed by atoms with van der Waals surface area (Å²) in [6.45, 7) is 0. The highest BCUT2D eigenvalue weighted by Gasteiger charge is 2.31. The fourth-order valence-electron chi connectivity index (χ4n) is 2.20. The van der Waals surface area contributed by atoms with Gasteiger partial charge in [-0.25, -0.2) is 9.37 Å². The van der Waals surface area contributed by atoms with Crippen LogP contribution in [-0.4, -0.2) is 10.1 Å². The first-order chi connectivity index (χ1) is 11.8. The summed E-state index contributed by atoms with van der Waals surface area (Å²) in [4.78, 5) is 3.99. The number of hydrogen-bond acceptors (Lipinski definition) is 4. The highest BCUT2D eigenvalue weighted by Crippen LogP contribution is 2.35. The van der Waals surface area contributed by atoms with E-state index in [0.717, 1.165) is 29.5 Å². The lowest BCUT2D eigenvalue weighted by Gasteiger charge is -2.04. The standard InChI is InChI=1S/C17H8F4N2OS/c18-12-4-2-1-3-10(12)15(24)11(8-22)16-23-13-7-9(17(19,20)21)5-6-14(13)25-16/h1-7,24H. The molecule has 0 aliphatic rings. The smallest absolute Gasteiger partial charge is 0.416 e. The summed E-state index contributed by atoms with van der Waals surface area (Å²) in [6.07, 6.45) is -4.51. The molecule has 2 aromatic carbocycles. The Kier molecular flexibility index (Phi) is 4.18. The Morgan fingerprint density at radius 2 is 1.88 bits per heavy atom. The minimum absolute atomic E-state index is 0.0116. The number of halogens is 4. The third kappa shape index (κ3) is 3.19. The minimum atomic E-state index is -4.51. The van der Waals surface area contributed by atoms with Gasteiger partial charge in [0.05, 0.1) is 21.3 Å². The molecule has 1 aromatic heterocycles. The second-order valence-corrected chi connectivity index (χ2v) is 6.05. The van der Waals surface area contributed by atoms with E-state index >= 15 is 0 Å². The molecule has 0 saturated heterocycles. The van der Waals surface area contributed by atoms with Gasteiger partial charge in [0.1, 0.15) is 28.2 Å². The summed E-state index contributed by atoms with van der Waals surface area (Å²) in [5.74, 6) is -1.34. The molecule has 0 aliphatic carbocycles. The zero-order valence-electron chi connectivity index (χ0n) is 12.3. The summed E-state index contributed by atoms with van der Waals surface area (Å²) < 4.78 is 52.5. The van der Waals surface area contributed by atoms with E-state index in [9.17, 15) is 27.9 Å². The predicted molar refractivity (Wildman–Crippen MR) is 86.1 cm³/mol. The number of nitriles is 1. The summed E-state index contributed by atoms with van der Waals surface area (Å²) >= 11 is 0.937. The number of aromatic nitrogens is 1. The van der Waals surface area contributed by atoms with Crippen molar-refractivity contribution in [3.8, 4) is 6.07 Å². The maximum Gasteiger partial charge on any atom is 0.416 e. The Balaban J connectivity index is 2.15. The van der Waals surface area contributed by atoms with Crippen molar-refractivity contribution in [1.29, 1.82) is 5.26 Å². The van der Waals surface area contributed by atoms with Gasteiger partial charge in [-0.2, -0.15) is 18.4 Å². The average Bonchev–Trinajstić information content (AvgIpc) is 2.97. The van der Waals surface area contributed by atoms with Gasteiger partial charge in [0.15, 0.2) is 0 Å². The third-order valence-electron chi connectivity index (χ3n) is 3.41. The highest BCUT2D eigenvalue weighted by atomic mass is 32.1. The van der Waals surface area contributed by atoms with Gasteiger partial charge in [-0.05, 0) is 30.3 Å². The van der Waals surface area contributed by atoms with Crippen molar-refractivity contribution in [3.63, 3.8) is 0 Å². The van der Waals surface area contributed by atoms with E-state index in [1.165, 1.54) is 24.3 Å². The zero-order chi connectivity index (χ0) is 18.2. The molecule has 0 atom stereocenters. The van der Waals surface area contributed by atoms with Crippen LogP contribution < -0.4 is 0 Å². The first-order valence-electron chi connectivity index (χ1n) is 6.87. The Hall–Kier alpha value is -2.92. The van der Waals surface area contributed by atoms with E-state index < -0.39 is 23.3 Å². The summed E-state index contributed by atoms with van der Waals surface area (Å²) in [7, 11) is 0. The number of benzene rings is 2. The Morgan fingerprint density at radius 3 is 2.52 bits per heavy atom. The van der Waals surface area contributed by atoms with E-state index in [1.807, 2.05) is 0 Å². The Labute approximate surface area is 143 Å². The van der Waals surface area contributed by atoms with Crippen LogP contribution in [0.15, 0.2) is 42.5 Å². The number of nitrogens with zero attached hydrogens (tertiary/aromatic N) is 2. The fourth-order valence-corrected chi connectivity index (χ4v) is 3.14. The lowest BCUT2D eigenvalue weighted by Crippen LogP contribution is -2.03. The van der Waals surface area contributed by atoms with Gasteiger partial charge in [-0.1, -0.05) is 12.1 Å². The molecule has 3 nitrogen and oxygen atoms in total. The largest absolute Gasteiger partial charge is 0.506 e. The number of thiazole rings is 1. The van der Waals surface area contributed by atoms with Gasteiger partial charge in [0.25, 0.3) is 0 Å². The number of aliphatic hydroxyl groups is 1. The molecule has 1 heterocycles. The molecule has 126 valence electrons. The number of rotatable bonds is 2. The Morgan fingerprint density at radius 1 is 1.16 bits per heavy atom. The third-order valence-corrected chi connectivity index (χ3v) is 4.46. The van der Waals surface area contributed by atoms with Crippen LogP contribution in [0.4, 0.5) is 17.6 Å². The number of hydrogen-bond donors (Lipinski definition) is 1. The molecular weight excluding hydrogens is 356 g/mol. The van der Waals surface area contributed by atoms with Crippen molar-refractivity contribution in [2.24, 2.45) is 0 Å². The quantitative estimate of drug-likeness (QED) is 0.376. The van der Waals surface area contributed by atoms with Crippen LogP contribution in [0.25, 0.3) is 21.5 Å².